The van der Waals surface area contributed by atoms with Crippen LogP contribution >= 0.6 is 0 Å². The molecule has 24 heavy (non-hydrogen) atoms. The van der Waals surface area contributed by atoms with Gasteiger partial charge in [0.1, 0.15) is 5.69 Å². The molecule has 0 aliphatic carbocycles. The molecule has 0 bridgehead atoms. The molecule has 7 heteroatoms. The molecule has 0 unspecified atom stereocenters. The molecule has 1 amide bonds. The van der Waals surface area contributed by atoms with Gasteiger partial charge in [0.25, 0.3) is 5.69 Å². The van der Waals surface area contributed by atoms with Crippen LogP contribution in [0.3, 0.4) is 0 Å². The van der Waals surface area contributed by atoms with Crippen molar-refractivity contribution in [3.05, 3.63) is 70.3 Å². The SMILES string of the molecule is CCOC(=O)C(=O)N(Cc1ccccc1)c1ccccc1[N+](=O)[O-]. The predicted molar refractivity (Wildman–Crippen MR) is 87.4 cm³/mol. The van der Waals surface area contributed by atoms with Crippen LogP contribution in [0.4, 0.5) is 11.4 Å². The van der Waals surface area contributed by atoms with Gasteiger partial charge in [-0.05, 0) is 18.6 Å². The summed E-state index contributed by atoms with van der Waals surface area (Å²) in [6, 6.07) is 14.7. The van der Waals surface area contributed by atoms with Crippen molar-refractivity contribution in [2.45, 2.75) is 13.5 Å². The highest BCUT2D eigenvalue weighted by molar-refractivity contribution is 6.38. The summed E-state index contributed by atoms with van der Waals surface area (Å²) in [6.45, 7) is 1.64. The van der Waals surface area contributed by atoms with E-state index in [1.54, 1.807) is 37.3 Å². The van der Waals surface area contributed by atoms with Crippen LogP contribution < -0.4 is 4.90 Å². The zero-order chi connectivity index (χ0) is 17.5. The Hall–Kier alpha value is -3.22. The third-order valence-electron chi connectivity index (χ3n) is 3.25. The van der Waals surface area contributed by atoms with Crippen LogP contribution in [0.15, 0.2) is 54.6 Å². The van der Waals surface area contributed by atoms with E-state index in [1.165, 1.54) is 18.2 Å². The van der Waals surface area contributed by atoms with E-state index in [0.717, 1.165) is 10.5 Å². The Labute approximate surface area is 138 Å². The Morgan fingerprint density at radius 2 is 1.71 bits per heavy atom. The number of esters is 1. The van der Waals surface area contributed by atoms with Gasteiger partial charge in [0.2, 0.25) is 0 Å². The second-order valence-corrected chi connectivity index (χ2v) is 4.84. The minimum atomic E-state index is -1.05. The molecule has 2 aromatic rings. The second kappa shape index (κ2) is 7.87. The molecule has 0 fully saturated rings. The molecule has 7 nitrogen and oxygen atoms in total. The molecule has 124 valence electrons. The molecule has 0 N–H and O–H groups in total. The normalized spacial score (nSPS) is 10.0. The highest BCUT2D eigenvalue weighted by atomic mass is 16.6. The quantitative estimate of drug-likeness (QED) is 0.364. The first-order chi connectivity index (χ1) is 11.5. The zero-order valence-corrected chi connectivity index (χ0v) is 13.0. The van der Waals surface area contributed by atoms with Gasteiger partial charge in [0, 0.05) is 6.07 Å². The van der Waals surface area contributed by atoms with Crippen LogP contribution in [0.5, 0.6) is 0 Å². The van der Waals surface area contributed by atoms with E-state index >= 15 is 0 Å². The van der Waals surface area contributed by atoms with Gasteiger partial charge in [0.05, 0.1) is 18.1 Å². The topological polar surface area (TPSA) is 89.8 Å². The number of carbonyl (C=O) groups is 2. The maximum absolute atomic E-state index is 12.4. The smallest absolute Gasteiger partial charge is 0.397 e. The van der Waals surface area contributed by atoms with Gasteiger partial charge in [-0.2, -0.15) is 0 Å². The average Bonchev–Trinajstić information content (AvgIpc) is 2.60. The lowest BCUT2D eigenvalue weighted by Gasteiger charge is -2.21. The Kier molecular flexibility index (Phi) is 5.62. The first kappa shape index (κ1) is 17.1. The summed E-state index contributed by atoms with van der Waals surface area (Å²) in [6.07, 6.45) is 0. The van der Waals surface area contributed by atoms with Gasteiger partial charge in [-0.3, -0.25) is 19.8 Å². The van der Waals surface area contributed by atoms with Crippen molar-refractivity contribution in [3.8, 4) is 0 Å². The molecule has 0 aliphatic rings. The van der Waals surface area contributed by atoms with E-state index in [9.17, 15) is 19.7 Å². The number of hydrogen-bond acceptors (Lipinski definition) is 5. The fourth-order valence-corrected chi connectivity index (χ4v) is 2.18. The molecular weight excluding hydrogens is 312 g/mol. The number of nitro benzene ring substituents is 1. The standard InChI is InChI=1S/C17H16N2O5/c1-2-24-17(21)16(20)18(12-13-8-4-3-5-9-13)14-10-6-7-11-15(14)19(22)23/h3-11H,2,12H2,1H3. The Bertz CT molecular complexity index is 746. The summed E-state index contributed by atoms with van der Waals surface area (Å²) in [4.78, 5) is 36.0. The van der Waals surface area contributed by atoms with Crippen LogP contribution in [0.2, 0.25) is 0 Å². The van der Waals surface area contributed by atoms with Crippen molar-refractivity contribution in [1.29, 1.82) is 0 Å². The molecule has 0 saturated carbocycles. The van der Waals surface area contributed by atoms with E-state index in [-0.39, 0.29) is 24.5 Å². The Balaban J connectivity index is 2.45. The molecule has 0 aliphatic heterocycles. The van der Waals surface area contributed by atoms with Crippen LogP contribution in [-0.4, -0.2) is 23.4 Å². The Morgan fingerprint density at radius 3 is 2.33 bits per heavy atom. The monoisotopic (exact) mass is 328 g/mol. The average molecular weight is 328 g/mol. The van der Waals surface area contributed by atoms with Crippen LogP contribution in [0.25, 0.3) is 0 Å². The number of nitro groups is 1. The molecule has 0 spiro atoms. The number of amides is 1. The molecule has 0 radical (unpaired) electrons. The van der Waals surface area contributed by atoms with Gasteiger partial charge >= 0.3 is 11.9 Å². The number of ether oxygens (including phenoxy) is 1. The summed E-state index contributed by atoms with van der Waals surface area (Å²) in [7, 11) is 0. The third kappa shape index (κ3) is 3.95. The van der Waals surface area contributed by atoms with E-state index in [4.69, 9.17) is 4.74 Å². The molecular formula is C17H16N2O5. The van der Waals surface area contributed by atoms with E-state index in [2.05, 4.69) is 0 Å². The van der Waals surface area contributed by atoms with Gasteiger partial charge < -0.3 is 4.74 Å². The fourth-order valence-electron chi connectivity index (χ4n) is 2.18. The van der Waals surface area contributed by atoms with Crippen LogP contribution in [-0.2, 0) is 20.9 Å². The predicted octanol–water partition coefficient (Wildman–Crippen LogP) is 2.69. The van der Waals surface area contributed by atoms with Crippen molar-refractivity contribution in [1.82, 2.24) is 0 Å². The zero-order valence-electron chi connectivity index (χ0n) is 13.0. The number of benzene rings is 2. The maximum Gasteiger partial charge on any atom is 0.397 e. The summed E-state index contributed by atoms with van der Waals surface area (Å²) in [5.41, 5.74) is 0.517. The van der Waals surface area contributed by atoms with Crippen molar-refractivity contribution in [2.24, 2.45) is 0 Å². The summed E-state index contributed by atoms with van der Waals surface area (Å²) < 4.78 is 4.74. The molecule has 0 atom stereocenters. The van der Waals surface area contributed by atoms with Crippen LogP contribution in [0, 0.1) is 10.1 Å². The van der Waals surface area contributed by atoms with Crippen molar-refractivity contribution >= 4 is 23.3 Å². The van der Waals surface area contributed by atoms with Gasteiger partial charge in [0.15, 0.2) is 0 Å². The minimum Gasteiger partial charge on any atom is -0.459 e. The van der Waals surface area contributed by atoms with Gasteiger partial charge in [-0.25, -0.2) is 4.79 Å². The van der Waals surface area contributed by atoms with E-state index in [1.807, 2.05) is 6.07 Å². The Morgan fingerprint density at radius 1 is 1.08 bits per heavy atom. The lowest BCUT2D eigenvalue weighted by molar-refractivity contribution is -0.384. The number of rotatable bonds is 5. The largest absolute Gasteiger partial charge is 0.459 e. The molecule has 0 heterocycles. The number of anilines is 1. The lowest BCUT2D eigenvalue weighted by atomic mass is 10.1. The summed E-state index contributed by atoms with van der Waals surface area (Å²) in [5, 5.41) is 11.2. The number of nitrogens with zero attached hydrogens (tertiary/aromatic N) is 2. The molecule has 2 rings (SSSR count). The van der Waals surface area contributed by atoms with Crippen LogP contribution in [0.1, 0.15) is 12.5 Å². The lowest BCUT2D eigenvalue weighted by Crippen LogP contribution is -2.37. The summed E-state index contributed by atoms with van der Waals surface area (Å²) >= 11 is 0. The fraction of sp³-hybridized carbons (Fsp3) is 0.176. The first-order valence-corrected chi connectivity index (χ1v) is 7.30. The van der Waals surface area contributed by atoms with Crippen molar-refractivity contribution in [3.63, 3.8) is 0 Å². The molecule has 2 aromatic carbocycles. The number of para-hydroxylation sites is 2. The van der Waals surface area contributed by atoms with Crippen molar-refractivity contribution in [2.75, 3.05) is 11.5 Å². The maximum atomic E-state index is 12.4. The first-order valence-electron chi connectivity index (χ1n) is 7.30. The van der Waals surface area contributed by atoms with Crippen molar-refractivity contribution < 1.29 is 19.2 Å². The van der Waals surface area contributed by atoms with Gasteiger partial charge in [-0.1, -0.05) is 42.5 Å². The minimum absolute atomic E-state index is 0.0172. The highest BCUT2D eigenvalue weighted by Gasteiger charge is 2.29. The third-order valence-corrected chi connectivity index (χ3v) is 3.25. The number of hydrogen-bond donors (Lipinski definition) is 0. The van der Waals surface area contributed by atoms with E-state index < -0.39 is 16.8 Å². The van der Waals surface area contributed by atoms with E-state index in [0.29, 0.717) is 0 Å². The second-order valence-electron chi connectivity index (χ2n) is 4.84. The number of carbonyl (C=O) groups excluding carboxylic acids is 2. The molecule has 0 aromatic heterocycles. The molecule has 0 saturated heterocycles. The highest BCUT2D eigenvalue weighted by Crippen LogP contribution is 2.29. The van der Waals surface area contributed by atoms with Gasteiger partial charge in [-0.15, -0.1) is 0 Å². The summed E-state index contributed by atoms with van der Waals surface area (Å²) in [5.74, 6) is -2.00.